The average Bonchev–Trinajstić information content (AvgIpc) is 2.87. The van der Waals surface area contributed by atoms with Gasteiger partial charge in [0, 0.05) is 29.6 Å². The van der Waals surface area contributed by atoms with Crippen molar-refractivity contribution in [1.29, 1.82) is 0 Å². The molecule has 5 heteroatoms. The van der Waals surface area contributed by atoms with Crippen molar-refractivity contribution in [2.45, 2.75) is 6.42 Å². The molecule has 0 bridgehead atoms. The molecule has 3 rings (SSSR count). The van der Waals surface area contributed by atoms with Crippen LogP contribution in [0.25, 0.3) is 16.6 Å². The number of benzene rings is 1. The summed E-state index contributed by atoms with van der Waals surface area (Å²) in [6.45, 7) is 0.565. The molecular weight excluding hydrogens is 226 g/mol. The second kappa shape index (κ2) is 4.54. The van der Waals surface area contributed by atoms with Gasteiger partial charge in [0.05, 0.1) is 6.20 Å². The molecule has 0 unspecified atom stereocenters. The van der Waals surface area contributed by atoms with Crippen LogP contribution in [0.4, 0.5) is 0 Å². The van der Waals surface area contributed by atoms with Crippen LogP contribution >= 0.6 is 0 Å². The molecular formula is C13H13N5. The molecule has 0 saturated heterocycles. The van der Waals surface area contributed by atoms with Gasteiger partial charge in [-0.25, -0.2) is 4.98 Å². The third kappa shape index (κ3) is 1.74. The standard InChI is InChI=1S/C13H13N5/c14-6-5-12-15-7-8-18(12)13-11-4-2-1-3-10(11)9-16-17-13/h1-4,7-9H,5-6,14H2. The van der Waals surface area contributed by atoms with Crippen molar-refractivity contribution in [2.75, 3.05) is 6.54 Å². The quantitative estimate of drug-likeness (QED) is 0.748. The maximum atomic E-state index is 5.59. The van der Waals surface area contributed by atoms with Gasteiger partial charge in [0.2, 0.25) is 0 Å². The lowest BCUT2D eigenvalue weighted by molar-refractivity contribution is 0.813. The van der Waals surface area contributed by atoms with Crippen LogP contribution in [0.1, 0.15) is 5.82 Å². The Morgan fingerprint density at radius 2 is 2.11 bits per heavy atom. The summed E-state index contributed by atoms with van der Waals surface area (Å²) in [5.74, 6) is 1.71. The Morgan fingerprint density at radius 3 is 3.00 bits per heavy atom. The summed E-state index contributed by atoms with van der Waals surface area (Å²) in [5.41, 5.74) is 5.59. The summed E-state index contributed by atoms with van der Waals surface area (Å²) in [6, 6.07) is 8.04. The van der Waals surface area contributed by atoms with E-state index in [0.717, 1.165) is 28.8 Å². The topological polar surface area (TPSA) is 69.6 Å². The second-order valence-electron chi connectivity index (χ2n) is 4.01. The van der Waals surface area contributed by atoms with Crippen LogP contribution in [0.3, 0.4) is 0 Å². The highest BCUT2D eigenvalue weighted by Crippen LogP contribution is 2.19. The summed E-state index contributed by atoms with van der Waals surface area (Å²) in [6.07, 6.45) is 6.13. The average molecular weight is 239 g/mol. The monoisotopic (exact) mass is 239 g/mol. The number of nitrogens with two attached hydrogens (primary N) is 1. The highest BCUT2D eigenvalue weighted by Gasteiger charge is 2.09. The maximum Gasteiger partial charge on any atom is 0.168 e. The molecule has 0 aliphatic rings. The van der Waals surface area contributed by atoms with Gasteiger partial charge in [-0.05, 0) is 6.54 Å². The lowest BCUT2D eigenvalue weighted by atomic mass is 10.2. The van der Waals surface area contributed by atoms with Crippen molar-refractivity contribution in [1.82, 2.24) is 19.7 Å². The van der Waals surface area contributed by atoms with Crippen molar-refractivity contribution in [3.8, 4) is 5.82 Å². The first-order valence-corrected chi connectivity index (χ1v) is 5.83. The zero-order valence-corrected chi connectivity index (χ0v) is 9.82. The minimum absolute atomic E-state index is 0.565. The van der Waals surface area contributed by atoms with E-state index in [2.05, 4.69) is 15.2 Å². The number of hydrogen-bond donors (Lipinski definition) is 1. The van der Waals surface area contributed by atoms with E-state index in [-0.39, 0.29) is 0 Å². The normalized spacial score (nSPS) is 10.9. The Kier molecular flexibility index (Phi) is 2.74. The first-order valence-electron chi connectivity index (χ1n) is 5.83. The number of aromatic nitrogens is 4. The SMILES string of the molecule is NCCc1nccn1-c1nncc2ccccc12. The molecule has 0 atom stereocenters. The van der Waals surface area contributed by atoms with E-state index in [1.807, 2.05) is 35.0 Å². The van der Waals surface area contributed by atoms with E-state index in [1.165, 1.54) is 0 Å². The number of nitrogens with zero attached hydrogens (tertiary/aromatic N) is 4. The Morgan fingerprint density at radius 1 is 1.22 bits per heavy atom. The highest BCUT2D eigenvalue weighted by molar-refractivity contribution is 5.87. The first-order chi connectivity index (χ1) is 8.90. The Balaban J connectivity index is 2.22. The molecule has 0 radical (unpaired) electrons. The Hall–Kier alpha value is -2.27. The maximum absolute atomic E-state index is 5.59. The van der Waals surface area contributed by atoms with Gasteiger partial charge in [0.1, 0.15) is 5.82 Å². The van der Waals surface area contributed by atoms with Gasteiger partial charge in [-0.1, -0.05) is 24.3 Å². The highest BCUT2D eigenvalue weighted by atomic mass is 15.2. The van der Waals surface area contributed by atoms with E-state index in [0.29, 0.717) is 6.54 Å². The fourth-order valence-corrected chi connectivity index (χ4v) is 2.03. The molecule has 2 heterocycles. The van der Waals surface area contributed by atoms with E-state index in [1.54, 1.807) is 12.4 Å². The predicted molar refractivity (Wildman–Crippen MR) is 69.4 cm³/mol. The van der Waals surface area contributed by atoms with Crippen LogP contribution in [0.5, 0.6) is 0 Å². The van der Waals surface area contributed by atoms with Crippen molar-refractivity contribution < 1.29 is 0 Å². The van der Waals surface area contributed by atoms with Crippen molar-refractivity contribution >= 4 is 10.8 Å². The number of rotatable bonds is 3. The van der Waals surface area contributed by atoms with Gasteiger partial charge < -0.3 is 5.73 Å². The van der Waals surface area contributed by atoms with Crippen LogP contribution < -0.4 is 5.73 Å². The van der Waals surface area contributed by atoms with Gasteiger partial charge in [-0.2, -0.15) is 5.10 Å². The van der Waals surface area contributed by atoms with E-state index >= 15 is 0 Å². The Labute approximate surface area is 104 Å². The molecule has 0 aliphatic heterocycles. The third-order valence-electron chi connectivity index (χ3n) is 2.86. The minimum atomic E-state index is 0.565. The molecule has 18 heavy (non-hydrogen) atoms. The summed E-state index contributed by atoms with van der Waals surface area (Å²) in [5, 5.41) is 10.4. The summed E-state index contributed by atoms with van der Waals surface area (Å²) in [4.78, 5) is 4.30. The molecule has 5 nitrogen and oxygen atoms in total. The summed E-state index contributed by atoms with van der Waals surface area (Å²) >= 11 is 0. The Bertz CT molecular complexity index is 668. The molecule has 0 spiro atoms. The molecule has 2 aromatic heterocycles. The summed E-state index contributed by atoms with van der Waals surface area (Å²) in [7, 11) is 0. The fourth-order valence-electron chi connectivity index (χ4n) is 2.03. The van der Waals surface area contributed by atoms with E-state index < -0.39 is 0 Å². The van der Waals surface area contributed by atoms with Crippen LogP contribution in [-0.4, -0.2) is 26.3 Å². The minimum Gasteiger partial charge on any atom is -0.330 e. The lowest BCUT2D eigenvalue weighted by Crippen LogP contribution is -2.10. The van der Waals surface area contributed by atoms with Gasteiger partial charge in [0.25, 0.3) is 0 Å². The van der Waals surface area contributed by atoms with Crippen LogP contribution in [0, 0.1) is 0 Å². The molecule has 0 fully saturated rings. The van der Waals surface area contributed by atoms with Gasteiger partial charge >= 0.3 is 0 Å². The second-order valence-corrected chi connectivity index (χ2v) is 4.01. The molecule has 0 saturated carbocycles. The first kappa shape index (κ1) is 10.9. The number of hydrogen-bond acceptors (Lipinski definition) is 4. The lowest BCUT2D eigenvalue weighted by Gasteiger charge is -2.08. The third-order valence-corrected chi connectivity index (χ3v) is 2.86. The molecule has 90 valence electrons. The van der Waals surface area contributed by atoms with Crippen LogP contribution in [0.15, 0.2) is 42.9 Å². The van der Waals surface area contributed by atoms with Crippen LogP contribution in [0.2, 0.25) is 0 Å². The van der Waals surface area contributed by atoms with Crippen molar-refractivity contribution in [3.63, 3.8) is 0 Å². The van der Waals surface area contributed by atoms with Gasteiger partial charge in [-0.3, -0.25) is 4.57 Å². The summed E-state index contributed by atoms with van der Waals surface area (Å²) < 4.78 is 1.95. The largest absolute Gasteiger partial charge is 0.330 e. The van der Waals surface area contributed by atoms with Crippen molar-refractivity contribution in [2.24, 2.45) is 5.73 Å². The van der Waals surface area contributed by atoms with E-state index in [9.17, 15) is 0 Å². The molecule has 3 aromatic rings. The molecule has 0 amide bonds. The number of imidazole rings is 1. The molecule has 1 aromatic carbocycles. The smallest absolute Gasteiger partial charge is 0.168 e. The van der Waals surface area contributed by atoms with Gasteiger partial charge in [0.15, 0.2) is 5.82 Å². The van der Waals surface area contributed by atoms with Gasteiger partial charge in [-0.15, -0.1) is 5.10 Å². The molecule has 2 N–H and O–H groups in total. The zero-order chi connectivity index (χ0) is 12.4. The number of fused-ring (bicyclic) bond motifs is 1. The van der Waals surface area contributed by atoms with Crippen molar-refractivity contribution in [3.05, 3.63) is 48.7 Å². The zero-order valence-electron chi connectivity index (χ0n) is 9.82. The van der Waals surface area contributed by atoms with E-state index in [4.69, 9.17) is 5.73 Å². The fraction of sp³-hybridized carbons (Fsp3) is 0.154. The predicted octanol–water partition coefficient (Wildman–Crippen LogP) is 1.32. The van der Waals surface area contributed by atoms with Crippen LogP contribution in [-0.2, 0) is 6.42 Å². The molecule has 0 aliphatic carbocycles.